The van der Waals surface area contributed by atoms with Crippen LogP contribution in [0.15, 0.2) is 59.7 Å². The summed E-state index contributed by atoms with van der Waals surface area (Å²) in [6.07, 6.45) is 1.49. The zero-order valence-corrected chi connectivity index (χ0v) is 19.1. The van der Waals surface area contributed by atoms with Crippen LogP contribution in [-0.4, -0.2) is 24.2 Å². The second-order valence-electron chi connectivity index (χ2n) is 7.23. The van der Waals surface area contributed by atoms with Gasteiger partial charge in [0.25, 0.3) is 11.6 Å². The number of benzene rings is 3. The quantitative estimate of drug-likeness (QED) is 0.278. The van der Waals surface area contributed by atoms with Gasteiger partial charge in [0.2, 0.25) is 0 Å². The minimum Gasteiger partial charge on any atom is -0.496 e. The SMILES string of the molecule is COc1ccc(C=NNC(=O)c2ccc([N+](=O)[O-])cc2)cc1COc1cc(C)c(Cl)c(C)c1. The van der Waals surface area contributed by atoms with Crippen molar-refractivity contribution in [1.82, 2.24) is 5.43 Å². The summed E-state index contributed by atoms with van der Waals surface area (Å²) in [7, 11) is 1.58. The highest BCUT2D eigenvalue weighted by molar-refractivity contribution is 6.32. The number of hydrogen-bond donors (Lipinski definition) is 1. The van der Waals surface area contributed by atoms with Crippen LogP contribution >= 0.6 is 11.6 Å². The molecule has 9 heteroatoms. The van der Waals surface area contributed by atoms with Crippen molar-refractivity contribution in [3.63, 3.8) is 0 Å². The standard InChI is InChI=1S/C24H22ClN3O5/c1-15-10-21(11-16(2)23(15)25)33-14-19-12-17(4-9-22(19)32-3)13-26-27-24(29)18-5-7-20(8-6-18)28(30)31/h4-13H,14H2,1-3H3,(H,27,29). The van der Waals surface area contributed by atoms with Gasteiger partial charge in [0.1, 0.15) is 18.1 Å². The molecule has 0 aliphatic heterocycles. The Morgan fingerprint density at radius 2 is 1.79 bits per heavy atom. The molecule has 1 amide bonds. The lowest BCUT2D eigenvalue weighted by Crippen LogP contribution is -2.17. The van der Waals surface area contributed by atoms with E-state index in [-0.39, 0.29) is 17.9 Å². The Bertz CT molecular complexity index is 1190. The number of nitrogens with one attached hydrogen (secondary N) is 1. The van der Waals surface area contributed by atoms with Crippen LogP contribution in [0.3, 0.4) is 0 Å². The smallest absolute Gasteiger partial charge is 0.271 e. The van der Waals surface area contributed by atoms with E-state index in [1.54, 1.807) is 19.2 Å². The van der Waals surface area contributed by atoms with E-state index in [9.17, 15) is 14.9 Å². The van der Waals surface area contributed by atoms with Crippen molar-refractivity contribution in [2.45, 2.75) is 20.5 Å². The van der Waals surface area contributed by atoms with Gasteiger partial charge < -0.3 is 9.47 Å². The lowest BCUT2D eigenvalue weighted by Gasteiger charge is -2.13. The Kier molecular flexibility index (Phi) is 7.63. The number of nitro benzene ring substituents is 1. The summed E-state index contributed by atoms with van der Waals surface area (Å²) < 4.78 is 11.4. The largest absolute Gasteiger partial charge is 0.496 e. The number of nitro groups is 1. The molecule has 0 atom stereocenters. The van der Waals surface area contributed by atoms with Crippen molar-refractivity contribution in [3.8, 4) is 11.5 Å². The molecule has 0 radical (unpaired) electrons. The van der Waals surface area contributed by atoms with E-state index in [0.717, 1.165) is 22.3 Å². The highest BCUT2D eigenvalue weighted by Crippen LogP contribution is 2.27. The number of hydrazone groups is 1. The van der Waals surface area contributed by atoms with E-state index in [4.69, 9.17) is 21.1 Å². The first-order valence-electron chi connectivity index (χ1n) is 9.93. The van der Waals surface area contributed by atoms with Crippen molar-refractivity contribution in [2.24, 2.45) is 5.10 Å². The molecule has 0 unspecified atom stereocenters. The Morgan fingerprint density at radius 3 is 2.39 bits per heavy atom. The summed E-state index contributed by atoms with van der Waals surface area (Å²) in [5, 5.41) is 15.4. The zero-order chi connectivity index (χ0) is 24.0. The van der Waals surface area contributed by atoms with Crippen molar-refractivity contribution in [3.05, 3.63) is 97.6 Å². The first kappa shape index (κ1) is 23.7. The molecule has 3 aromatic rings. The fourth-order valence-corrected chi connectivity index (χ4v) is 3.22. The van der Waals surface area contributed by atoms with Gasteiger partial charge in [-0.1, -0.05) is 11.6 Å². The van der Waals surface area contributed by atoms with E-state index in [1.807, 2.05) is 32.0 Å². The van der Waals surface area contributed by atoms with Crippen LogP contribution in [0.25, 0.3) is 0 Å². The number of ether oxygens (including phenoxy) is 2. The molecule has 0 aliphatic rings. The summed E-state index contributed by atoms with van der Waals surface area (Å²) in [4.78, 5) is 22.4. The maximum atomic E-state index is 12.2. The van der Waals surface area contributed by atoms with Gasteiger partial charge in [-0.05, 0) is 73.0 Å². The van der Waals surface area contributed by atoms with Gasteiger partial charge in [-0.15, -0.1) is 0 Å². The molecule has 0 bridgehead atoms. The summed E-state index contributed by atoms with van der Waals surface area (Å²) in [5.74, 6) is 0.877. The van der Waals surface area contributed by atoms with E-state index >= 15 is 0 Å². The van der Waals surface area contributed by atoms with Crippen molar-refractivity contribution in [1.29, 1.82) is 0 Å². The molecule has 0 fully saturated rings. The molecule has 0 aliphatic carbocycles. The Morgan fingerprint density at radius 1 is 1.12 bits per heavy atom. The van der Waals surface area contributed by atoms with Gasteiger partial charge in [0.15, 0.2) is 0 Å². The summed E-state index contributed by atoms with van der Waals surface area (Å²) in [6, 6.07) is 14.4. The average Bonchev–Trinajstić information content (AvgIpc) is 2.81. The first-order valence-corrected chi connectivity index (χ1v) is 10.3. The maximum Gasteiger partial charge on any atom is 0.271 e. The molecule has 1 N–H and O–H groups in total. The number of amides is 1. The molecule has 0 heterocycles. The average molecular weight is 468 g/mol. The zero-order valence-electron chi connectivity index (χ0n) is 18.3. The van der Waals surface area contributed by atoms with E-state index in [0.29, 0.717) is 16.5 Å². The summed E-state index contributed by atoms with van der Waals surface area (Å²) in [5.41, 5.74) is 5.96. The van der Waals surface area contributed by atoms with Crippen LogP contribution in [0.1, 0.15) is 32.6 Å². The van der Waals surface area contributed by atoms with Crippen molar-refractivity contribution < 1.29 is 19.2 Å². The molecule has 170 valence electrons. The summed E-state index contributed by atoms with van der Waals surface area (Å²) >= 11 is 6.22. The minimum absolute atomic E-state index is 0.0908. The number of carbonyl (C=O) groups is 1. The Hall–Kier alpha value is -3.91. The van der Waals surface area contributed by atoms with Crippen LogP contribution in [0, 0.1) is 24.0 Å². The number of non-ortho nitro benzene ring substituents is 1. The second kappa shape index (κ2) is 10.6. The molecule has 3 rings (SSSR count). The first-order chi connectivity index (χ1) is 15.8. The van der Waals surface area contributed by atoms with E-state index in [2.05, 4.69) is 10.5 Å². The number of carbonyl (C=O) groups excluding carboxylic acids is 1. The Balaban J connectivity index is 1.67. The fraction of sp³-hybridized carbons (Fsp3) is 0.167. The van der Waals surface area contributed by atoms with Gasteiger partial charge in [-0.2, -0.15) is 5.10 Å². The van der Waals surface area contributed by atoms with Gasteiger partial charge >= 0.3 is 0 Å². The van der Waals surface area contributed by atoms with Gasteiger partial charge in [-0.25, -0.2) is 5.43 Å². The lowest BCUT2D eigenvalue weighted by atomic mass is 10.1. The molecular weight excluding hydrogens is 446 g/mol. The van der Waals surface area contributed by atoms with Crippen LogP contribution in [-0.2, 0) is 6.61 Å². The number of halogens is 1. The molecule has 33 heavy (non-hydrogen) atoms. The van der Waals surface area contributed by atoms with Gasteiger partial charge in [0, 0.05) is 28.3 Å². The third-order valence-electron chi connectivity index (χ3n) is 4.83. The normalized spacial score (nSPS) is 10.8. The number of methoxy groups -OCH3 is 1. The van der Waals surface area contributed by atoms with E-state index in [1.165, 1.54) is 30.5 Å². The lowest BCUT2D eigenvalue weighted by molar-refractivity contribution is -0.384. The molecule has 8 nitrogen and oxygen atoms in total. The van der Waals surface area contributed by atoms with Gasteiger partial charge in [0.05, 0.1) is 18.2 Å². The van der Waals surface area contributed by atoms with Crippen LogP contribution in [0.5, 0.6) is 11.5 Å². The minimum atomic E-state index is -0.528. The Labute approximate surface area is 195 Å². The maximum absolute atomic E-state index is 12.2. The van der Waals surface area contributed by atoms with Gasteiger partial charge in [-0.3, -0.25) is 14.9 Å². The number of nitrogens with zero attached hydrogens (tertiary/aromatic N) is 2. The number of rotatable bonds is 8. The molecule has 0 spiro atoms. The highest BCUT2D eigenvalue weighted by atomic mass is 35.5. The third-order valence-corrected chi connectivity index (χ3v) is 5.42. The molecule has 3 aromatic carbocycles. The molecule has 0 saturated carbocycles. The fourth-order valence-electron chi connectivity index (χ4n) is 3.11. The number of hydrogen-bond acceptors (Lipinski definition) is 6. The van der Waals surface area contributed by atoms with Crippen LogP contribution in [0.4, 0.5) is 5.69 Å². The van der Waals surface area contributed by atoms with Crippen molar-refractivity contribution in [2.75, 3.05) is 7.11 Å². The number of aryl methyl sites for hydroxylation is 2. The van der Waals surface area contributed by atoms with E-state index < -0.39 is 10.8 Å². The second-order valence-corrected chi connectivity index (χ2v) is 7.61. The van der Waals surface area contributed by atoms with Crippen molar-refractivity contribution >= 4 is 29.4 Å². The van der Waals surface area contributed by atoms with Crippen LogP contribution < -0.4 is 14.9 Å². The molecule has 0 aromatic heterocycles. The van der Waals surface area contributed by atoms with Crippen LogP contribution in [0.2, 0.25) is 5.02 Å². The predicted octanol–water partition coefficient (Wildman–Crippen LogP) is 5.22. The molecular formula is C24H22ClN3O5. The summed E-state index contributed by atoms with van der Waals surface area (Å²) in [6.45, 7) is 4.11. The third kappa shape index (κ3) is 6.08. The highest BCUT2D eigenvalue weighted by Gasteiger charge is 2.10. The molecule has 0 saturated heterocycles. The topological polar surface area (TPSA) is 103 Å². The predicted molar refractivity (Wildman–Crippen MR) is 126 cm³/mol. The monoisotopic (exact) mass is 467 g/mol.